The SMILES string of the molecule is OC(Cc1ccc(F)c(Br)c1)Cc1ccccc1F. The average Bonchev–Trinajstić information content (AvgIpc) is 2.37. The van der Waals surface area contributed by atoms with Gasteiger partial charge in [-0.2, -0.15) is 0 Å². The summed E-state index contributed by atoms with van der Waals surface area (Å²) in [7, 11) is 0. The predicted molar refractivity (Wildman–Crippen MR) is 73.9 cm³/mol. The highest BCUT2D eigenvalue weighted by Gasteiger charge is 2.11. The van der Waals surface area contributed by atoms with Crippen LogP contribution in [0.2, 0.25) is 0 Å². The first-order chi connectivity index (χ1) is 9.06. The van der Waals surface area contributed by atoms with Crippen molar-refractivity contribution in [2.75, 3.05) is 0 Å². The molecule has 1 atom stereocenters. The second-order valence-electron chi connectivity index (χ2n) is 4.40. The molecule has 0 heterocycles. The number of rotatable bonds is 4. The lowest BCUT2D eigenvalue weighted by atomic mass is 10.0. The number of hydrogen-bond acceptors (Lipinski definition) is 1. The summed E-state index contributed by atoms with van der Waals surface area (Å²) in [6.45, 7) is 0. The molecule has 0 aliphatic carbocycles. The Morgan fingerprint density at radius 2 is 1.74 bits per heavy atom. The van der Waals surface area contributed by atoms with E-state index >= 15 is 0 Å². The molecule has 1 unspecified atom stereocenters. The third-order valence-electron chi connectivity index (χ3n) is 2.87. The van der Waals surface area contributed by atoms with E-state index in [0.717, 1.165) is 5.56 Å². The van der Waals surface area contributed by atoms with Gasteiger partial charge in [-0.1, -0.05) is 24.3 Å². The third kappa shape index (κ3) is 3.85. The van der Waals surface area contributed by atoms with Crippen LogP contribution in [0, 0.1) is 11.6 Å². The zero-order valence-corrected chi connectivity index (χ0v) is 11.7. The van der Waals surface area contributed by atoms with Crippen LogP contribution in [0.5, 0.6) is 0 Å². The molecule has 1 N–H and O–H groups in total. The summed E-state index contributed by atoms with van der Waals surface area (Å²) in [6, 6.07) is 11.0. The van der Waals surface area contributed by atoms with Crippen molar-refractivity contribution in [1.29, 1.82) is 0 Å². The van der Waals surface area contributed by atoms with Crippen molar-refractivity contribution in [1.82, 2.24) is 0 Å². The highest BCUT2D eigenvalue weighted by molar-refractivity contribution is 9.10. The summed E-state index contributed by atoms with van der Waals surface area (Å²) in [4.78, 5) is 0. The van der Waals surface area contributed by atoms with Crippen LogP contribution in [-0.4, -0.2) is 11.2 Å². The van der Waals surface area contributed by atoms with E-state index in [2.05, 4.69) is 15.9 Å². The maximum absolute atomic E-state index is 13.4. The molecule has 0 radical (unpaired) electrons. The molecule has 0 amide bonds. The molecule has 0 fully saturated rings. The minimum absolute atomic E-state index is 0.238. The molecule has 0 aliphatic heterocycles. The first-order valence-corrected chi connectivity index (χ1v) is 6.71. The van der Waals surface area contributed by atoms with Crippen LogP contribution in [-0.2, 0) is 12.8 Å². The van der Waals surface area contributed by atoms with Crippen LogP contribution >= 0.6 is 15.9 Å². The fourth-order valence-electron chi connectivity index (χ4n) is 1.93. The van der Waals surface area contributed by atoms with E-state index in [0.29, 0.717) is 16.5 Å². The number of hydrogen-bond donors (Lipinski definition) is 1. The number of aliphatic hydroxyl groups is 1. The van der Waals surface area contributed by atoms with Gasteiger partial charge in [0.2, 0.25) is 0 Å². The van der Waals surface area contributed by atoms with Crippen LogP contribution in [0.4, 0.5) is 8.78 Å². The first kappa shape index (κ1) is 14.2. The fraction of sp³-hybridized carbons (Fsp3) is 0.200. The molecule has 1 nitrogen and oxygen atoms in total. The second-order valence-corrected chi connectivity index (χ2v) is 5.26. The van der Waals surface area contributed by atoms with Gasteiger partial charge in [0.1, 0.15) is 11.6 Å². The van der Waals surface area contributed by atoms with Crippen molar-refractivity contribution in [3.05, 3.63) is 69.7 Å². The zero-order valence-electron chi connectivity index (χ0n) is 10.1. The highest BCUT2D eigenvalue weighted by atomic mass is 79.9. The van der Waals surface area contributed by atoms with E-state index in [-0.39, 0.29) is 18.1 Å². The van der Waals surface area contributed by atoms with Crippen LogP contribution in [0.1, 0.15) is 11.1 Å². The van der Waals surface area contributed by atoms with E-state index in [1.54, 1.807) is 30.3 Å². The van der Waals surface area contributed by atoms with Gasteiger partial charge in [0.05, 0.1) is 10.6 Å². The van der Waals surface area contributed by atoms with E-state index in [1.807, 2.05) is 0 Å². The van der Waals surface area contributed by atoms with Crippen LogP contribution in [0.15, 0.2) is 46.9 Å². The Kier molecular flexibility index (Phi) is 4.66. The van der Waals surface area contributed by atoms with E-state index in [9.17, 15) is 13.9 Å². The van der Waals surface area contributed by atoms with Gasteiger partial charge in [0.15, 0.2) is 0 Å². The van der Waals surface area contributed by atoms with Gasteiger partial charge in [0, 0.05) is 6.42 Å². The molecule has 0 spiro atoms. The lowest BCUT2D eigenvalue weighted by Crippen LogP contribution is -2.14. The average molecular weight is 327 g/mol. The van der Waals surface area contributed by atoms with Gasteiger partial charge < -0.3 is 5.11 Å². The Labute approximate surface area is 119 Å². The van der Waals surface area contributed by atoms with Crippen molar-refractivity contribution < 1.29 is 13.9 Å². The second kappa shape index (κ2) is 6.26. The molecule has 4 heteroatoms. The maximum Gasteiger partial charge on any atom is 0.137 e. The zero-order chi connectivity index (χ0) is 13.8. The smallest absolute Gasteiger partial charge is 0.137 e. The Morgan fingerprint density at radius 1 is 1.00 bits per heavy atom. The van der Waals surface area contributed by atoms with Crippen LogP contribution in [0.3, 0.4) is 0 Å². The van der Waals surface area contributed by atoms with Gasteiger partial charge in [-0.25, -0.2) is 8.78 Å². The van der Waals surface area contributed by atoms with Crippen LogP contribution in [0.25, 0.3) is 0 Å². The van der Waals surface area contributed by atoms with Gasteiger partial charge >= 0.3 is 0 Å². The molecule has 2 aromatic rings. The van der Waals surface area contributed by atoms with E-state index < -0.39 is 6.10 Å². The molecule has 2 rings (SSSR count). The maximum atomic E-state index is 13.4. The molecule has 0 aliphatic rings. The summed E-state index contributed by atoms with van der Waals surface area (Å²) in [5.41, 5.74) is 1.29. The molecule has 100 valence electrons. The fourth-order valence-corrected chi connectivity index (χ4v) is 2.35. The van der Waals surface area contributed by atoms with E-state index in [1.165, 1.54) is 12.1 Å². The van der Waals surface area contributed by atoms with Crippen molar-refractivity contribution >= 4 is 15.9 Å². The summed E-state index contributed by atoms with van der Waals surface area (Å²) >= 11 is 3.10. The first-order valence-electron chi connectivity index (χ1n) is 5.91. The van der Waals surface area contributed by atoms with Gasteiger partial charge in [-0.3, -0.25) is 0 Å². The summed E-state index contributed by atoms with van der Waals surface area (Å²) < 4.78 is 26.9. The molecule has 2 aromatic carbocycles. The molecule has 0 bridgehead atoms. The van der Waals surface area contributed by atoms with Crippen molar-refractivity contribution in [2.24, 2.45) is 0 Å². The molecule has 19 heavy (non-hydrogen) atoms. The van der Waals surface area contributed by atoms with E-state index in [4.69, 9.17) is 0 Å². The quantitative estimate of drug-likeness (QED) is 0.904. The van der Waals surface area contributed by atoms with Crippen molar-refractivity contribution in [3.8, 4) is 0 Å². The molecular weight excluding hydrogens is 314 g/mol. The minimum Gasteiger partial charge on any atom is -0.392 e. The standard InChI is InChI=1S/C15H13BrF2O/c16-13-8-10(5-6-15(13)18)7-12(19)9-11-3-1-2-4-14(11)17/h1-6,8,12,19H,7,9H2. The highest BCUT2D eigenvalue weighted by Crippen LogP contribution is 2.19. The summed E-state index contributed by atoms with van der Waals surface area (Å²) in [5.74, 6) is -0.658. The molecule has 0 aromatic heterocycles. The third-order valence-corrected chi connectivity index (χ3v) is 3.48. The minimum atomic E-state index is -0.700. The number of aliphatic hydroxyl groups excluding tert-OH is 1. The van der Waals surface area contributed by atoms with Gasteiger partial charge in [-0.15, -0.1) is 0 Å². The van der Waals surface area contributed by atoms with Crippen molar-refractivity contribution in [3.63, 3.8) is 0 Å². The normalized spacial score (nSPS) is 12.4. The number of benzene rings is 2. The summed E-state index contributed by atoms with van der Waals surface area (Å²) in [6.07, 6.45) is -0.108. The predicted octanol–water partition coefficient (Wildman–Crippen LogP) is 3.87. The Bertz CT molecular complexity index is 572. The molecule has 0 saturated heterocycles. The molecular formula is C15H13BrF2O. The Hall–Kier alpha value is -1.26. The summed E-state index contributed by atoms with van der Waals surface area (Å²) in [5, 5.41) is 9.96. The molecule has 0 saturated carbocycles. The largest absolute Gasteiger partial charge is 0.392 e. The van der Waals surface area contributed by atoms with Gasteiger partial charge in [0.25, 0.3) is 0 Å². The Morgan fingerprint density at radius 3 is 2.42 bits per heavy atom. The monoisotopic (exact) mass is 326 g/mol. The Balaban J connectivity index is 2.03. The topological polar surface area (TPSA) is 20.2 Å². The van der Waals surface area contributed by atoms with Gasteiger partial charge in [-0.05, 0) is 51.7 Å². The lowest BCUT2D eigenvalue weighted by Gasteiger charge is -2.11. The van der Waals surface area contributed by atoms with Crippen LogP contribution < -0.4 is 0 Å². The van der Waals surface area contributed by atoms with Crippen molar-refractivity contribution in [2.45, 2.75) is 18.9 Å². The lowest BCUT2D eigenvalue weighted by molar-refractivity contribution is 0.174. The number of halogens is 3.